The van der Waals surface area contributed by atoms with Crippen LogP contribution in [0.15, 0.2) is 16.7 Å². The molecule has 1 aliphatic heterocycles. The molecule has 17 heavy (non-hydrogen) atoms. The van der Waals surface area contributed by atoms with Crippen molar-refractivity contribution in [2.75, 3.05) is 13.2 Å². The van der Waals surface area contributed by atoms with E-state index in [1.165, 1.54) is 0 Å². The fraction of sp³-hybridized carbons (Fsp3) is 0.583. The molecule has 1 atom stereocenters. The zero-order chi connectivity index (χ0) is 12.4. The number of ether oxygens (including phenoxy) is 2. The zero-order valence-corrected chi connectivity index (χ0v) is 11.6. The molecule has 1 unspecified atom stereocenters. The van der Waals surface area contributed by atoms with Crippen LogP contribution in [0.25, 0.3) is 0 Å². The lowest BCUT2D eigenvalue weighted by atomic mass is 10.3. The van der Waals surface area contributed by atoms with Crippen LogP contribution < -0.4 is 0 Å². The van der Waals surface area contributed by atoms with E-state index in [2.05, 4.69) is 15.9 Å². The number of carbonyl (C=O) groups excluding carboxylic acids is 1. The first-order valence-corrected chi connectivity index (χ1v) is 6.53. The fourth-order valence-corrected chi connectivity index (χ4v) is 2.29. The molecule has 2 heterocycles. The molecule has 0 aliphatic carbocycles. The molecule has 4 nitrogen and oxygen atoms in total. The van der Waals surface area contributed by atoms with Crippen LogP contribution in [0.4, 0.5) is 0 Å². The van der Waals surface area contributed by atoms with Gasteiger partial charge in [-0.25, -0.2) is 4.79 Å². The number of rotatable bonds is 3. The predicted octanol–water partition coefficient (Wildman–Crippen LogP) is 2.78. The molecule has 2 rings (SSSR count). The van der Waals surface area contributed by atoms with Crippen LogP contribution in [0, 0.1) is 0 Å². The second-order valence-corrected chi connectivity index (χ2v) is 5.35. The highest BCUT2D eigenvalue weighted by molar-refractivity contribution is 9.10. The molecule has 1 saturated heterocycles. The third-order valence-electron chi connectivity index (χ3n) is 2.74. The summed E-state index contributed by atoms with van der Waals surface area (Å²) in [6.45, 7) is 5.24. The van der Waals surface area contributed by atoms with Crippen LogP contribution >= 0.6 is 15.9 Å². The molecule has 1 fully saturated rings. The topological polar surface area (TPSA) is 40.5 Å². The Balaban J connectivity index is 2.12. The van der Waals surface area contributed by atoms with Crippen molar-refractivity contribution in [2.24, 2.45) is 0 Å². The molecule has 0 bridgehead atoms. The summed E-state index contributed by atoms with van der Waals surface area (Å²) in [4.78, 5) is 12.0. The highest BCUT2D eigenvalue weighted by atomic mass is 79.9. The Morgan fingerprint density at radius 2 is 2.41 bits per heavy atom. The standard InChI is InChI=1S/C12H16BrNO3/c1-8(2)14-6-9(13)5-11(14)12(15)17-10-3-4-16-7-10/h5-6,8,10H,3-4,7H2,1-2H3. The van der Waals surface area contributed by atoms with Gasteiger partial charge in [-0.2, -0.15) is 0 Å². The first-order chi connectivity index (χ1) is 8.08. The van der Waals surface area contributed by atoms with Crippen LogP contribution in [0.1, 0.15) is 36.8 Å². The van der Waals surface area contributed by atoms with Gasteiger partial charge < -0.3 is 14.0 Å². The molecular formula is C12H16BrNO3. The predicted molar refractivity (Wildman–Crippen MR) is 67.2 cm³/mol. The molecule has 94 valence electrons. The Kier molecular flexibility index (Phi) is 3.89. The molecule has 0 aromatic carbocycles. The van der Waals surface area contributed by atoms with Crippen molar-refractivity contribution in [3.05, 3.63) is 22.4 Å². The minimum Gasteiger partial charge on any atom is -0.455 e. The maximum Gasteiger partial charge on any atom is 0.355 e. The van der Waals surface area contributed by atoms with Crippen molar-refractivity contribution in [2.45, 2.75) is 32.4 Å². The first kappa shape index (κ1) is 12.6. The molecule has 5 heteroatoms. The zero-order valence-electron chi connectivity index (χ0n) is 9.98. The smallest absolute Gasteiger partial charge is 0.355 e. The SMILES string of the molecule is CC(C)n1cc(Br)cc1C(=O)OC1CCOC1. The van der Waals surface area contributed by atoms with Gasteiger partial charge in [0.05, 0.1) is 13.2 Å². The van der Waals surface area contributed by atoms with Gasteiger partial charge in [0, 0.05) is 23.1 Å². The largest absolute Gasteiger partial charge is 0.455 e. The lowest BCUT2D eigenvalue weighted by Gasteiger charge is -2.14. The maximum atomic E-state index is 12.0. The van der Waals surface area contributed by atoms with Gasteiger partial charge in [0.25, 0.3) is 0 Å². The number of hydrogen-bond donors (Lipinski definition) is 0. The third-order valence-corrected chi connectivity index (χ3v) is 3.18. The lowest BCUT2D eigenvalue weighted by Crippen LogP contribution is -2.20. The van der Waals surface area contributed by atoms with Crippen molar-refractivity contribution in [1.82, 2.24) is 4.57 Å². The summed E-state index contributed by atoms with van der Waals surface area (Å²) >= 11 is 3.38. The average Bonchev–Trinajstić information content (AvgIpc) is 2.86. The van der Waals surface area contributed by atoms with E-state index in [1.807, 2.05) is 24.6 Å². The molecule has 0 N–H and O–H groups in total. The van der Waals surface area contributed by atoms with E-state index in [4.69, 9.17) is 9.47 Å². The second kappa shape index (κ2) is 5.23. The Morgan fingerprint density at radius 1 is 1.65 bits per heavy atom. The highest BCUT2D eigenvalue weighted by Gasteiger charge is 2.23. The number of hydrogen-bond acceptors (Lipinski definition) is 3. The van der Waals surface area contributed by atoms with Crippen molar-refractivity contribution in [3.63, 3.8) is 0 Å². The monoisotopic (exact) mass is 301 g/mol. The van der Waals surface area contributed by atoms with Crippen LogP contribution in [0.3, 0.4) is 0 Å². The van der Waals surface area contributed by atoms with E-state index >= 15 is 0 Å². The minimum atomic E-state index is -0.278. The van der Waals surface area contributed by atoms with E-state index in [9.17, 15) is 4.79 Å². The quantitative estimate of drug-likeness (QED) is 0.806. The van der Waals surface area contributed by atoms with E-state index < -0.39 is 0 Å². The van der Waals surface area contributed by atoms with Crippen LogP contribution in [0.2, 0.25) is 0 Å². The normalized spacial score (nSPS) is 19.9. The molecule has 0 saturated carbocycles. The summed E-state index contributed by atoms with van der Waals surface area (Å²) in [6, 6.07) is 2.02. The Hall–Kier alpha value is -0.810. The van der Waals surface area contributed by atoms with Crippen molar-refractivity contribution in [3.8, 4) is 0 Å². The van der Waals surface area contributed by atoms with E-state index in [0.717, 1.165) is 10.9 Å². The van der Waals surface area contributed by atoms with Crippen LogP contribution in [0.5, 0.6) is 0 Å². The van der Waals surface area contributed by atoms with Gasteiger partial charge in [0.15, 0.2) is 0 Å². The second-order valence-electron chi connectivity index (χ2n) is 4.44. The number of halogens is 1. The van der Waals surface area contributed by atoms with Crippen molar-refractivity contribution in [1.29, 1.82) is 0 Å². The fourth-order valence-electron chi connectivity index (χ4n) is 1.85. The number of esters is 1. The molecule has 1 aromatic heterocycles. The molecule has 0 radical (unpaired) electrons. The van der Waals surface area contributed by atoms with Gasteiger partial charge in [-0.05, 0) is 35.8 Å². The molecular weight excluding hydrogens is 286 g/mol. The van der Waals surface area contributed by atoms with Crippen LogP contribution in [-0.2, 0) is 9.47 Å². The Morgan fingerprint density at radius 3 is 3.00 bits per heavy atom. The van der Waals surface area contributed by atoms with Crippen LogP contribution in [-0.4, -0.2) is 29.9 Å². The van der Waals surface area contributed by atoms with Gasteiger partial charge >= 0.3 is 5.97 Å². The maximum absolute atomic E-state index is 12.0. The van der Waals surface area contributed by atoms with Crippen molar-refractivity contribution >= 4 is 21.9 Å². The van der Waals surface area contributed by atoms with Gasteiger partial charge in [-0.3, -0.25) is 0 Å². The number of aromatic nitrogens is 1. The molecule has 0 spiro atoms. The van der Waals surface area contributed by atoms with Gasteiger partial charge in [-0.1, -0.05) is 0 Å². The Labute approximate surface area is 109 Å². The molecule has 0 amide bonds. The molecule has 1 aromatic rings. The summed E-state index contributed by atoms with van der Waals surface area (Å²) in [7, 11) is 0. The van der Waals surface area contributed by atoms with Gasteiger partial charge in [0.1, 0.15) is 11.8 Å². The molecule has 1 aliphatic rings. The van der Waals surface area contributed by atoms with Gasteiger partial charge in [-0.15, -0.1) is 0 Å². The van der Waals surface area contributed by atoms with Gasteiger partial charge in [0.2, 0.25) is 0 Å². The van der Waals surface area contributed by atoms with E-state index in [1.54, 1.807) is 6.07 Å². The van der Waals surface area contributed by atoms with E-state index in [-0.39, 0.29) is 18.1 Å². The number of nitrogens with zero attached hydrogens (tertiary/aromatic N) is 1. The first-order valence-electron chi connectivity index (χ1n) is 5.74. The third kappa shape index (κ3) is 2.90. The minimum absolute atomic E-state index is 0.100. The Bertz CT molecular complexity index is 408. The number of carbonyl (C=O) groups is 1. The summed E-state index contributed by atoms with van der Waals surface area (Å²) in [5, 5.41) is 0. The summed E-state index contributed by atoms with van der Waals surface area (Å²) in [5.74, 6) is -0.278. The summed E-state index contributed by atoms with van der Waals surface area (Å²) in [6.07, 6.45) is 2.58. The van der Waals surface area contributed by atoms with Crippen molar-refractivity contribution < 1.29 is 14.3 Å². The average molecular weight is 302 g/mol. The van der Waals surface area contributed by atoms with E-state index in [0.29, 0.717) is 18.9 Å². The summed E-state index contributed by atoms with van der Waals surface area (Å²) < 4.78 is 13.4. The highest BCUT2D eigenvalue weighted by Crippen LogP contribution is 2.21. The lowest BCUT2D eigenvalue weighted by molar-refractivity contribution is 0.0257. The summed E-state index contributed by atoms with van der Waals surface area (Å²) in [5.41, 5.74) is 0.582.